The second-order valence-electron chi connectivity index (χ2n) is 6.57. The van der Waals surface area contributed by atoms with Crippen LogP contribution in [0.15, 0.2) is 12.2 Å². The van der Waals surface area contributed by atoms with E-state index in [9.17, 15) is 20.1 Å². The zero-order valence-corrected chi connectivity index (χ0v) is 14.5. The van der Waals surface area contributed by atoms with Crippen LogP contribution in [0.4, 0.5) is 0 Å². The van der Waals surface area contributed by atoms with Crippen LogP contribution in [-0.2, 0) is 9.53 Å². The largest absolute Gasteiger partial charge is 0.481 e. The molecule has 0 saturated carbocycles. The van der Waals surface area contributed by atoms with Crippen LogP contribution in [0.1, 0.15) is 64.7 Å². The van der Waals surface area contributed by atoms with Gasteiger partial charge in [0.05, 0.1) is 24.4 Å². The Kier molecular flexibility index (Phi) is 10.2. The fourth-order valence-corrected chi connectivity index (χ4v) is 2.86. The molecule has 1 heterocycles. The Bertz CT molecular complexity index is 384. The standard InChI is InChI=1S/C18H32O6/c1-2-13(19)10-11-16-15(21)12-17(24-16)14(20)8-6-4-3-5-7-9-18(22)23/h10-11,13-17,19-21H,2-9,12H2,1H3,(H,22,23)/b11-10+/t13-,14-,15-,16+,17+/m1/s1. The van der Waals surface area contributed by atoms with E-state index in [1.165, 1.54) is 0 Å². The van der Waals surface area contributed by atoms with E-state index in [0.29, 0.717) is 25.7 Å². The number of aliphatic hydroxyl groups is 3. The Balaban J connectivity index is 2.18. The summed E-state index contributed by atoms with van der Waals surface area (Å²) in [4.78, 5) is 10.4. The number of unbranched alkanes of at least 4 members (excludes halogenated alkanes) is 4. The van der Waals surface area contributed by atoms with Crippen LogP contribution in [0.5, 0.6) is 0 Å². The van der Waals surface area contributed by atoms with E-state index in [-0.39, 0.29) is 12.5 Å². The first-order valence-electron chi connectivity index (χ1n) is 9.03. The van der Waals surface area contributed by atoms with Crippen LogP contribution >= 0.6 is 0 Å². The molecule has 0 radical (unpaired) electrons. The molecular formula is C18H32O6. The zero-order valence-electron chi connectivity index (χ0n) is 14.5. The van der Waals surface area contributed by atoms with Gasteiger partial charge in [-0.2, -0.15) is 0 Å². The van der Waals surface area contributed by atoms with Crippen molar-refractivity contribution in [2.24, 2.45) is 0 Å². The van der Waals surface area contributed by atoms with Gasteiger partial charge in [0.1, 0.15) is 6.10 Å². The van der Waals surface area contributed by atoms with Gasteiger partial charge in [-0.1, -0.05) is 44.8 Å². The number of carboxylic acid groups (broad SMARTS) is 1. The lowest BCUT2D eigenvalue weighted by molar-refractivity contribution is -0.137. The summed E-state index contributed by atoms with van der Waals surface area (Å²) in [7, 11) is 0. The van der Waals surface area contributed by atoms with Crippen molar-refractivity contribution in [3.8, 4) is 0 Å². The lowest BCUT2D eigenvalue weighted by Gasteiger charge is -2.18. The van der Waals surface area contributed by atoms with E-state index < -0.39 is 30.4 Å². The minimum absolute atomic E-state index is 0.220. The summed E-state index contributed by atoms with van der Waals surface area (Å²) in [5.41, 5.74) is 0. The van der Waals surface area contributed by atoms with Crippen molar-refractivity contribution in [2.75, 3.05) is 0 Å². The van der Waals surface area contributed by atoms with Crippen molar-refractivity contribution in [3.05, 3.63) is 12.2 Å². The molecule has 0 aromatic rings. The van der Waals surface area contributed by atoms with Crippen molar-refractivity contribution in [3.63, 3.8) is 0 Å². The van der Waals surface area contributed by atoms with Gasteiger partial charge in [-0.15, -0.1) is 0 Å². The average Bonchev–Trinajstić information content (AvgIpc) is 2.92. The maximum atomic E-state index is 10.4. The first kappa shape index (κ1) is 21.1. The number of aliphatic carboxylic acids is 1. The summed E-state index contributed by atoms with van der Waals surface area (Å²) in [6, 6.07) is 0. The van der Waals surface area contributed by atoms with Crippen LogP contribution in [0.2, 0.25) is 0 Å². The molecule has 0 bridgehead atoms. The third kappa shape index (κ3) is 8.24. The van der Waals surface area contributed by atoms with Crippen molar-refractivity contribution in [1.82, 2.24) is 0 Å². The predicted octanol–water partition coefficient (Wildman–Crippen LogP) is 2.01. The van der Waals surface area contributed by atoms with Gasteiger partial charge in [0.15, 0.2) is 0 Å². The second-order valence-corrected chi connectivity index (χ2v) is 6.57. The Morgan fingerprint density at radius 1 is 1.21 bits per heavy atom. The Morgan fingerprint density at radius 2 is 1.88 bits per heavy atom. The normalized spacial score (nSPS) is 26.8. The van der Waals surface area contributed by atoms with Gasteiger partial charge in [0, 0.05) is 12.8 Å². The number of ether oxygens (including phenoxy) is 1. The van der Waals surface area contributed by atoms with Crippen LogP contribution in [-0.4, -0.2) is 56.9 Å². The van der Waals surface area contributed by atoms with E-state index in [1.54, 1.807) is 12.2 Å². The molecule has 0 spiro atoms. The molecule has 1 aliphatic rings. The second kappa shape index (κ2) is 11.6. The van der Waals surface area contributed by atoms with Gasteiger partial charge in [-0.25, -0.2) is 0 Å². The third-order valence-corrected chi connectivity index (χ3v) is 4.45. The van der Waals surface area contributed by atoms with E-state index in [4.69, 9.17) is 9.84 Å². The van der Waals surface area contributed by atoms with Crippen LogP contribution in [0.25, 0.3) is 0 Å². The van der Waals surface area contributed by atoms with Gasteiger partial charge in [0.2, 0.25) is 0 Å². The molecule has 1 fully saturated rings. The molecule has 1 aliphatic heterocycles. The maximum absolute atomic E-state index is 10.4. The highest BCUT2D eigenvalue weighted by atomic mass is 16.5. The van der Waals surface area contributed by atoms with Crippen molar-refractivity contribution < 1.29 is 30.0 Å². The highest BCUT2D eigenvalue weighted by molar-refractivity contribution is 5.66. The quantitative estimate of drug-likeness (QED) is 0.319. The fourth-order valence-electron chi connectivity index (χ4n) is 2.86. The molecule has 0 aromatic carbocycles. The molecule has 0 amide bonds. The number of hydrogen-bond acceptors (Lipinski definition) is 5. The van der Waals surface area contributed by atoms with Gasteiger partial charge in [-0.3, -0.25) is 4.79 Å². The SMILES string of the molecule is CC[C@@H](O)/C=C/[C@@H]1O[C@H]([C@H](O)CCCCCCCC(=O)O)C[C@H]1O. The molecule has 4 N–H and O–H groups in total. The Hall–Kier alpha value is -0.950. The van der Waals surface area contributed by atoms with E-state index in [1.807, 2.05) is 6.92 Å². The van der Waals surface area contributed by atoms with E-state index >= 15 is 0 Å². The number of hydrogen-bond donors (Lipinski definition) is 4. The number of rotatable bonds is 12. The lowest BCUT2D eigenvalue weighted by atomic mass is 10.0. The van der Waals surface area contributed by atoms with Crippen molar-refractivity contribution in [1.29, 1.82) is 0 Å². The lowest BCUT2D eigenvalue weighted by Crippen LogP contribution is -2.26. The Labute approximate surface area is 144 Å². The molecule has 24 heavy (non-hydrogen) atoms. The molecule has 6 heteroatoms. The summed E-state index contributed by atoms with van der Waals surface area (Å²) in [5.74, 6) is -0.752. The van der Waals surface area contributed by atoms with Crippen LogP contribution in [0, 0.1) is 0 Å². The van der Waals surface area contributed by atoms with Gasteiger partial charge in [0.25, 0.3) is 0 Å². The first-order valence-corrected chi connectivity index (χ1v) is 9.03. The minimum atomic E-state index is -0.752. The van der Waals surface area contributed by atoms with Crippen molar-refractivity contribution in [2.45, 2.75) is 95.2 Å². The monoisotopic (exact) mass is 344 g/mol. The first-order chi connectivity index (χ1) is 11.4. The summed E-state index contributed by atoms with van der Waals surface area (Å²) in [6.07, 6.45) is 6.89. The van der Waals surface area contributed by atoms with Gasteiger partial charge >= 0.3 is 5.97 Å². The van der Waals surface area contributed by atoms with Crippen LogP contribution in [0.3, 0.4) is 0 Å². The van der Waals surface area contributed by atoms with Gasteiger partial charge in [-0.05, 0) is 19.3 Å². The molecule has 140 valence electrons. The molecule has 0 unspecified atom stereocenters. The molecular weight excluding hydrogens is 312 g/mol. The van der Waals surface area contributed by atoms with Crippen LogP contribution < -0.4 is 0 Å². The van der Waals surface area contributed by atoms with Crippen molar-refractivity contribution >= 4 is 5.97 Å². The molecule has 6 nitrogen and oxygen atoms in total. The summed E-state index contributed by atoms with van der Waals surface area (Å²) in [6.45, 7) is 1.87. The highest BCUT2D eigenvalue weighted by Gasteiger charge is 2.36. The fraction of sp³-hybridized carbons (Fsp3) is 0.833. The predicted molar refractivity (Wildman–Crippen MR) is 90.7 cm³/mol. The third-order valence-electron chi connectivity index (χ3n) is 4.45. The van der Waals surface area contributed by atoms with E-state index in [2.05, 4.69) is 0 Å². The number of carbonyl (C=O) groups is 1. The molecule has 5 atom stereocenters. The summed E-state index contributed by atoms with van der Waals surface area (Å²) in [5, 5.41) is 38.2. The van der Waals surface area contributed by atoms with Gasteiger partial charge < -0.3 is 25.2 Å². The van der Waals surface area contributed by atoms with E-state index in [0.717, 1.165) is 25.7 Å². The topological polar surface area (TPSA) is 107 Å². The smallest absolute Gasteiger partial charge is 0.303 e. The maximum Gasteiger partial charge on any atom is 0.303 e. The molecule has 0 aliphatic carbocycles. The molecule has 1 saturated heterocycles. The summed E-state index contributed by atoms with van der Waals surface area (Å²) < 4.78 is 5.69. The average molecular weight is 344 g/mol. The Morgan fingerprint density at radius 3 is 2.54 bits per heavy atom. The molecule has 1 rings (SSSR count). The molecule has 0 aromatic heterocycles. The minimum Gasteiger partial charge on any atom is -0.481 e. The zero-order chi connectivity index (χ0) is 17.9. The summed E-state index contributed by atoms with van der Waals surface area (Å²) >= 11 is 0. The number of carboxylic acids is 1. The highest BCUT2D eigenvalue weighted by Crippen LogP contribution is 2.26. The number of aliphatic hydroxyl groups excluding tert-OH is 3.